The summed E-state index contributed by atoms with van der Waals surface area (Å²) < 4.78 is 10.7. The Labute approximate surface area is 104 Å². The second kappa shape index (κ2) is 8.25. The molecular weight excluding hydrogens is 218 g/mol. The number of carbonyl (C=O) groups is 1. The van der Waals surface area contributed by atoms with E-state index in [2.05, 4.69) is 4.90 Å². The van der Waals surface area contributed by atoms with Crippen LogP contribution in [0.15, 0.2) is 11.8 Å². The van der Waals surface area contributed by atoms with Crippen LogP contribution in [-0.2, 0) is 14.3 Å². The van der Waals surface area contributed by atoms with Crippen LogP contribution in [-0.4, -0.2) is 50.2 Å². The fourth-order valence-corrected chi connectivity index (χ4v) is 1.87. The van der Waals surface area contributed by atoms with Crippen molar-refractivity contribution < 1.29 is 14.3 Å². The average Bonchev–Trinajstić information content (AvgIpc) is 2.74. The summed E-state index contributed by atoms with van der Waals surface area (Å²) in [5, 5.41) is 0. The molecule has 0 atom stereocenters. The van der Waals surface area contributed by atoms with Gasteiger partial charge in [0.2, 0.25) is 0 Å². The van der Waals surface area contributed by atoms with E-state index in [0.29, 0.717) is 19.6 Å². The van der Waals surface area contributed by atoms with Crippen LogP contribution in [0, 0.1) is 0 Å². The Morgan fingerprint density at radius 3 is 2.12 bits per heavy atom. The molecule has 4 nitrogen and oxygen atoms in total. The number of hydrogen-bond acceptors (Lipinski definition) is 4. The van der Waals surface area contributed by atoms with E-state index in [9.17, 15) is 4.79 Å². The van der Waals surface area contributed by atoms with E-state index in [-0.39, 0.29) is 5.78 Å². The second-order valence-electron chi connectivity index (χ2n) is 3.98. The lowest BCUT2D eigenvalue weighted by atomic mass is 10.3. The van der Waals surface area contributed by atoms with Crippen LogP contribution in [0.5, 0.6) is 0 Å². The fraction of sp³-hybridized carbons (Fsp3) is 0.769. The van der Waals surface area contributed by atoms with Gasteiger partial charge in [-0.25, -0.2) is 0 Å². The molecule has 0 fully saturated rings. The number of ketones is 1. The number of allylic oxidation sites excluding steroid dienone is 2. The van der Waals surface area contributed by atoms with Crippen LogP contribution < -0.4 is 0 Å². The molecule has 0 heterocycles. The molecule has 0 saturated heterocycles. The first-order valence-electron chi connectivity index (χ1n) is 6.41. The molecule has 0 saturated carbocycles. The molecule has 0 N–H and O–H groups in total. The number of rotatable bonds is 9. The zero-order valence-electron chi connectivity index (χ0n) is 10.9. The highest BCUT2D eigenvalue weighted by molar-refractivity contribution is 5.92. The molecule has 0 aromatic rings. The third-order valence-electron chi connectivity index (χ3n) is 2.78. The Bertz CT molecular complexity index is 253. The quantitative estimate of drug-likeness (QED) is 0.575. The molecule has 1 aliphatic carbocycles. The minimum atomic E-state index is 0.234. The molecule has 17 heavy (non-hydrogen) atoms. The molecule has 0 spiro atoms. The Balaban J connectivity index is 2.40. The fourth-order valence-electron chi connectivity index (χ4n) is 1.87. The first-order valence-corrected chi connectivity index (χ1v) is 6.41. The Hall–Kier alpha value is -0.870. The molecule has 0 amide bonds. The van der Waals surface area contributed by atoms with Crippen LogP contribution in [0.1, 0.15) is 26.7 Å². The van der Waals surface area contributed by atoms with Gasteiger partial charge in [-0.05, 0) is 20.3 Å². The van der Waals surface area contributed by atoms with Crippen molar-refractivity contribution in [2.24, 2.45) is 0 Å². The SMILES string of the molecule is CCOCCN(CCOCC)C1=CC(=O)CC1. The monoisotopic (exact) mass is 241 g/mol. The van der Waals surface area contributed by atoms with Crippen LogP contribution >= 0.6 is 0 Å². The molecule has 0 bridgehead atoms. The first-order chi connectivity index (χ1) is 8.27. The summed E-state index contributed by atoms with van der Waals surface area (Å²) >= 11 is 0. The Morgan fingerprint density at radius 1 is 1.12 bits per heavy atom. The number of carbonyl (C=O) groups excluding carboxylic acids is 1. The summed E-state index contributed by atoms with van der Waals surface area (Å²) in [5.41, 5.74) is 1.13. The highest BCUT2D eigenvalue weighted by Gasteiger charge is 2.17. The number of ether oxygens (including phenoxy) is 2. The van der Waals surface area contributed by atoms with Crippen molar-refractivity contribution in [1.29, 1.82) is 0 Å². The van der Waals surface area contributed by atoms with Crippen molar-refractivity contribution in [3.63, 3.8) is 0 Å². The average molecular weight is 241 g/mol. The Kier molecular flexibility index (Phi) is 6.89. The van der Waals surface area contributed by atoms with Crippen molar-refractivity contribution in [3.05, 3.63) is 11.8 Å². The lowest BCUT2D eigenvalue weighted by Gasteiger charge is -2.25. The zero-order valence-corrected chi connectivity index (χ0v) is 10.9. The zero-order chi connectivity index (χ0) is 12.5. The predicted octanol–water partition coefficient (Wildman–Crippen LogP) is 1.61. The summed E-state index contributed by atoms with van der Waals surface area (Å²) in [6.07, 6.45) is 3.27. The van der Waals surface area contributed by atoms with E-state index in [1.165, 1.54) is 0 Å². The predicted molar refractivity (Wildman–Crippen MR) is 66.9 cm³/mol. The molecule has 1 rings (SSSR count). The molecular formula is C13H23NO3. The molecule has 98 valence electrons. The molecule has 0 aromatic carbocycles. The summed E-state index contributed by atoms with van der Waals surface area (Å²) in [6, 6.07) is 0. The van der Waals surface area contributed by atoms with Gasteiger partial charge in [-0.1, -0.05) is 0 Å². The smallest absolute Gasteiger partial charge is 0.157 e. The van der Waals surface area contributed by atoms with Crippen LogP contribution in [0.25, 0.3) is 0 Å². The topological polar surface area (TPSA) is 38.8 Å². The first kappa shape index (κ1) is 14.2. The minimum absolute atomic E-state index is 0.234. The van der Waals surface area contributed by atoms with Gasteiger partial charge in [-0.15, -0.1) is 0 Å². The highest BCUT2D eigenvalue weighted by atomic mass is 16.5. The van der Waals surface area contributed by atoms with E-state index in [1.54, 1.807) is 6.08 Å². The lowest BCUT2D eigenvalue weighted by Crippen LogP contribution is -2.30. The maximum Gasteiger partial charge on any atom is 0.157 e. The van der Waals surface area contributed by atoms with Crippen molar-refractivity contribution in [2.75, 3.05) is 39.5 Å². The maximum atomic E-state index is 11.3. The van der Waals surface area contributed by atoms with E-state index >= 15 is 0 Å². The van der Waals surface area contributed by atoms with Gasteiger partial charge in [-0.2, -0.15) is 0 Å². The van der Waals surface area contributed by atoms with Crippen LogP contribution in [0.4, 0.5) is 0 Å². The van der Waals surface area contributed by atoms with E-state index in [1.807, 2.05) is 13.8 Å². The van der Waals surface area contributed by atoms with Gasteiger partial charge in [0.1, 0.15) is 0 Å². The molecule has 0 aliphatic heterocycles. The van der Waals surface area contributed by atoms with Gasteiger partial charge < -0.3 is 14.4 Å². The van der Waals surface area contributed by atoms with Crippen LogP contribution in [0.2, 0.25) is 0 Å². The normalized spacial score (nSPS) is 15.2. The summed E-state index contributed by atoms with van der Waals surface area (Å²) in [7, 11) is 0. The van der Waals surface area contributed by atoms with Gasteiger partial charge in [0.25, 0.3) is 0 Å². The second-order valence-corrected chi connectivity index (χ2v) is 3.98. The van der Waals surface area contributed by atoms with Crippen LogP contribution in [0.3, 0.4) is 0 Å². The van der Waals surface area contributed by atoms with Crippen molar-refractivity contribution in [1.82, 2.24) is 4.90 Å². The van der Waals surface area contributed by atoms with Crippen molar-refractivity contribution in [2.45, 2.75) is 26.7 Å². The number of nitrogens with zero attached hydrogens (tertiary/aromatic N) is 1. The summed E-state index contributed by atoms with van der Waals surface area (Å²) in [4.78, 5) is 13.5. The summed E-state index contributed by atoms with van der Waals surface area (Å²) in [5.74, 6) is 0.234. The van der Waals surface area contributed by atoms with Gasteiger partial charge in [0.15, 0.2) is 5.78 Å². The number of hydrogen-bond donors (Lipinski definition) is 0. The van der Waals surface area contributed by atoms with E-state index < -0.39 is 0 Å². The third-order valence-corrected chi connectivity index (χ3v) is 2.78. The maximum absolute atomic E-state index is 11.3. The van der Waals surface area contributed by atoms with E-state index in [4.69, 9.17) is 9.47 Å². The highest BCUT2D eigenvalue weighted by Crippen LogP contribution is 2.18. The molecule has 0 aromatic heterocycles. The lowest BCUT2D eigenvalue weighted by molar-refractivity contribution is -0.114. The minimum Gasteiger partial charge on any atom is -0.380 e. The van der Waals surface area contributed by atoms with Gasteiger partial charge in [0.05, 0.1) is 13.2 Å². The van der Waals surface area contributed by atoms with Gasteiger partial charge in [0, 0.05) is 44.5 Å². The standard InChI is InChI=1S/C13H23NO3/c1-3-16-9-7-14(8-10-17-4-2)12-5-6-13(15)11-12/h11H,3-10H2,1-2H3. The molecule has 4 heteroatoms. The van der Waals surface area contributed by atoms with Crippen molar-refractivity contribution >= 4 is 5.78 Å². The molecule has 1 aliphatic rings. The van der Waals surface area contributed by atoms with Gasteiger partial charge >= 0.3 is 0 Å². The summed E-state index contributed by atoms with van der Waals surface area (Å²) in [6.45, 7) is 8.52. The third kappa shape index (κ3) is 5.33. The Morgan fingerprint density at radius 2 is 1.71 bits per heavy atom. The van der Waals surface area contributed by atoms with Gasteiger partial charge in [-0.3, -0.25) is 4.79 Å². The molecule has 0 unspecified atom stereocenters. The largest absolute Gasteiger partial charge is 0.380 e. The van der Waals surface area contributed by atoms with Crippen molar-refractivity contribution in [3.8, 4) is 0 Å². The molecule has 0 radical (unpaired) electrons. The van der Waals surface area contributed by atoms with E-state index in [0.717, 1.165) is 38.4 Å².